The van der Waals surface area contributed by atoms with E-state index in [4.69, 9.17) is 4.74 Å². The van der Waals surface area contributed by atoms with Gasteiger partial charge in [-0.05, 0) is 44.0 Å². The quantitative estimate of drug-likeness (QED) is 0.285. The van der Waals surface area contributed by atoms with Crippen LogP contribution in [-0.4, -0.2) is 44.6 Å². The average Bonchev–Trinajstić information content (AvgIpc) is 3.27. The smallest absolute Gasteiger partial charge is 0.191 e. The SMILES string of the molecule is COCCCn1cnnc1SCC(=O)c1cc(C)n(Cc2ccc(F)cc2)c1C. The van der Waals surface area contributed by atoms with E-state index in [2.05, 4.69) is 14.8 Å². The van der Waals surface area contributed by atoms with Gasteiger partial charge in [0.2, 0.25) is 0 Å². The number of methoxy groups -OCH3 is 1. The summed E-state index contributed by atoms with van der Waals surface area (Å²) in [5.74, 6) is 0.0987. The van der Waals surface area contributed by atoms with Gasteiger partial charge in [-0.1, -0.05) is 23.9 Å². The van der Waals surface area contributed by atoms with Crippen LogP contribution in [0, 0.1) is 19.7 Å². The monoisotopic (exact) mass is 416 g/mol. The third-order valence-electron chi connectivity index (χ3n) is 4.79. The van der Waals surface area contributed by atoms with Crippen LogP contribution >= 0.6 is 11.8 Å². The summed E-state index contributed by atoms with van der Waals surface area (Å²) in [6.07, 6.45) is 2.54. The fraction of sp³-hybridized carbons (Fsp3) is 0.381. The third kappa shape index (κ3) is 5.33. The predicted molar refractivity (Wildman–Crippen MR) is 111 cm³/mol. The van der Waals surface area contributed by atoms with Crippen molar-refractivity contribution in [3.05, 3.63) is 65.0 Å². The van der Waals surface area contributed by atoms with Crippen molar-refractivity contribution in [2.75, 3.05) is 19.5 Å². The highest BCUT2D eigenvalue weighted by Crippen LogP contribution is 2.22. The highest BCUT2D eigenvalue weighted by Gasteiger charge is 2.17. The van der Waals surface area contributed by atoms with E-state index in [1.54, 1.807) is 25.6 Å². The number of aromatic nitrogens is 4. The molecule has 0 saturated carbocycles. The zero-order valence-corrected chi connectivity index (χ0v) is 17.7. The van der Waals surface area contributed by atoms with Gasteiger partial charge in [0.25, 0.3) is 0 Å². The molecular formula is C21H25FN4O2S. The first kappa shape index (κ1) is 21.3. The molecule has 0 unspecified atom stereocenters. The van der Waals surface area contributed by atoms with Crippen LogP contribution in [0.1, 0.15) is 33.7 Å². The number of thioether (sulfide) groups is 1. The van der Waals surface area contributed by atoms with Crippen LogP contribution in [0.2, 0.25) is 0 Å². The van der Waals surface area contributed by atoms with Crippen LogP contribution in [0.3, 0.4) is 0 Å². The number of carbonyl (C=O) groups excluding carboxylic acids is 1. The van der Waals surface area contributed by atoms with E-state index in [-0.39, 0.29) is 11.6 Å². The van der Waals surface area contributed by atoms with Crippen LogP contribution in [0.15, 0.2) is 41.8 Å². The summed E-state index contributed by atoms with van der Waals surface area (Å²) in [4.78, 5) is 12.8. The number of ether oxygens (including phenoxy) is 1. The van der Waals surface area contributed by atoms with E-state index in [1.165, 1.54) is 23.9 Å². The molecule has 0 saturated heterocycles. The molecule has 0 radical (unpaired) electrons. The standard InChI is InChI=1S/C21H25FN4O2S/c1-15-11-19(16(2)26(15)12-17-5-7-18(22)8-6-17)20(27)13-29-21-24-23-14-25(21)9-4-10-28-3/h5-8,11,14H,4,9-10,12-13H2,1-3H3. The van der Waals surface area contributed by atoms with Gasteiger partial charge in [-0.15, -0.1) is 10.2 Å². The van der Waals surface area contributed by atoms with Gasteiger partial charge in [0, 0.05) is 43.8 Å². The first-order chi connectivity index (χ1) is 14.0. The fourth-order valence-corrected chi connectivity index (χ4v) is 4.02. The van der Waals surface area contributed by atoms with E-state index in [1.807, 2.05) is 24.5 Å². The summed E-state index contributed by atoms with van der Waals surface area (Å²) in [6, 6.07) is 8.36. The van der Waals surface area contributed by atoms with Crippen LogP contribution in [-0.2, 0) is 17.8 Å². The van der Waals surface area contributed by atoms with Crippen molar-refractivity contribution in [3.63, 3.8) is 0 Å². The number of hydrogen-bond donors (Lipinski definition) is 0. The summed E-state index contributed by atoms with van der Waals surface area (Å²) >= 11 is 1.39. The van der Waals surface area contributed by atoms with Crippen molar-refractivity contribution in [1.29, 1.82) is 0 Å². The molecule has 3 aromatic rings. The number of Topliss-reactive ketones (excluding diaryl/α,β-unsaturated/α-hetero) is 1. The van der Waals surface area contributed by atoms with Gasteiger partial charge >= 0.3 is 0 Å². The number of nitrogens with zero attached hydrogens (tertiary/aromatic N) is 4. The zero-order valence-electron chi connectivity index (χ0n) is 16.9. The van der Waals surface area contributed by atoms with Crippen LogP contribution in [0.5, 0.6) is 0 Å². The maximum absolute atomic E-state index is 13.1. The van der Waals surface area contributed by atoms with Crippen molar-refractivity contribution in [2.45, 2.75) is 38.5 Å². The molecule has 0 N–H and O–H groups in total. The molecule has 0 amide bonds. The lowest BCUT2D eigenvalue weighted by Crippen LogP contribution is -2.08. The normalized spacial score (nSPS) is 11.2. The summed E-state index contributed by atoms with van der Waals surface area (Å²) in [7, 11) is 1.67. The minimum absolute atomic E-state index is 0.0555. The van der Waals surface area contributed by atoms with E-state index >= 15 is 0 Å². The highest BCUT2D eigenvalue weighted by atomic mass is 32.2. The molecule has 3 rings (SSSR count). The lowest BCUT2D eigenvalue weighted by atomic mass is 10.2. The molecule has 2 heterocycles. The third-order valence-corrected chi connectivity index (χ3v) is 5.77. The van der Waals surface area contributed by atoms with Crippen molar-refractivity contribution >= 4 is 17.5 Å². The van der Waals surface area contributed by atoms with E-state index in [9.17, 15) is 9.18 Å². The van der Waals surface area contributed by atoms with Gasteiger partial charge in [0.05, 0.1) is 5.75 Å². The van der Waals surface area contributed by atoms with Crippen molar-refractivity contribution < 1.29 is 13.9 Å². The second kappa shape index (κ2) is 9.84. The second-order valence-electron chi connectivity index (χ2n) is 6.86. The first-order valence-corrected chi connectivity index (χ1v) is 10.4. The average molecular weight is 417 g/mol. The van der Waals surface area contributed by atoms with Crippen molar-refractivity contribution in [2.24, 2.45) is 0 Å². The Morgan fingerprint density at radius 3 is 2.72 bits per heavy atom. The maximum Gasteiger partial charge on any atom is 0.191 e. The van der Waals surface area contributed by atoms with Gasteiger partial charge < -0.3 is 13.9 Å². The Labute approximate surface area is 174 Å². The Morgan fingerprint density at radius 2 is 2.00 bits per heavy atom. The first-order valence-electron chi connectivity index (χ1n) is 9.43. The predicted octanol–water partition coefficient (Wildman–Crippen LogP) is 3.90. The van der Waals surface area contributed by atoms with Gasteiger partial charge in [-0.2, -0.15) is 0 Å². The number of halogens is 1. The summed E-state index contributed by atoms with van der Waals surface area (Å²) in [5, 5.41) is 8.80. The number of ketones is 1. The molecule has 29 heavy (non-hydrogen) atoms. The number of hydrogen-bond acceptors (Lipinski definition) is 5. The molecule has 1 aromatic carbocycles. The maximum atomic E-state index is 13.1. The van der Waals surface area contributed by atoms with Crippen molar-refractivity contribution in [1.82, 2.24) is 19.3 Å². The Balaban J connectivity index is 1.66. The molecule has 0 spiro atoms. The largest absolute Gasteiger partial charge is 0.385 e. The van der Waals surface area contributed by atoms with Gasteiger partial charge in [0.15, 0.2) is 10.9 Å². The molecule has 2 aromatic heterocycles. The summed E-state index contributed by atoms with van der Waals surface area (Å²) in [6.45, 7) is 5.95. The topological polar surface area (TPSA) is 61.9 Å². The van der Waals surface area contributed by atoms with E-state index < -0.39 is 0 Å². The molecular weight excluding hydrogens is 391 g/mol. The van der Waals surface area contributed by atoms with Crippen LogP contribution in [0.25, 0.3) is 0 Å². The van der Waals surface area contributed by atoms with Crippen molar-refractivity contribution in [3.8, 4) is 0 Å². The van der Waals surface area contributed by atoms with E-state index in [0.717, 1.165) is 35.1 Å². The Kier molecular flexibility index (Phi) is 7.22. The molecule has 0 bridgehead atoms. The number of aryl methyl sites for hydroxylation is 2. The Hall–Kier alpha value is -2.45. The lowest BCUT2D eigenvalue weighted by Gasteiger charge is -2.10. The number of carbonyl (C=O) groups is 1. The summed E-state index contributed by atoms with van der Waals surface area (Å²) in [5.41, 5.74) is 3.62. The van der Waals surface area contributed by atoms with Gasteiger partial charge in [-0.25, -0.2) is 4.39 Å². The molecule has 0 aliphatic carbocycles. The minimum Gasteiger partial charge on any atom is -0.385 e. The Bertz CT molecular complexity index is 966. The van der Waals surface area contributed by atoms with Crippen LogP contribution in [0.4, 0.5) is 4.39 Å². The van der Waals surface area contributed by atoms with Gasteiger partial charge in [0.1, 0.15) is 12.1 Å². The van der Waals surface area contributed by atoms with Gasteiger partial charge in [-0.3, -0.25) is 4.79 Å². The van der Waals surface area contributed by atoms with E-state index in [0.29, 0.717) is 24.5 Å². The molecule has 0 aliphatic rings. The highest BCUT2D eigenvalue weighted by molar-refractivity contribution is 7.99. The molecule has 8 heteroatoms. The lowest BCUT2D eigenvalue weighted by molar-refractivity contribution is 0.102. The molecule has 0 fully saturated rings. The second-order valence-corrected chi connectivity index (χ2v) is 7.81. The molecule has 6 nitrogen and oxygen atoms in total. The number of benzene rings is 1. The van der Waals surface area contributed by atoms with Crippen LogP contribution < -0.4 is 0 Å². The molecule has 0 atom stereocenters. The minimum atomic E-state index is -0.252. The summed E-state index contributed by atoms with van der Waals surface area (Å²) < 4.78 is 22.2. The Morgan fingerprint density at radius 1 is 1.24 bits per heavy atom. The number of rotatable bonds is 10. The molecule has 154 valence electrons. The fourth-order valence-electron chi connectivity index (χ4n) is 3.20. The zero-order chi connectivity index (χ0) is 20.8. The molecule has 0 aliphatic heterocycles.